The minimum atomic E-state index is -0.881. The van der Waals surface area contributed by atoms with Gasteiger partial charge in [-0.25, -0.2) is 4.79 Å². The van der Waals surface area contributed by atoms with Gasteiger partial charge in [0.1, 0.15) is 0 Å². The number of ether oxygens (including phenoxy) is 1. The first-order chi connectivity index (χ1) is 13.0. The predicted octanol–water partition coefficient (Wildman–Crippen LogP) is 2.66. The number of benzene rings is 1. The molecule has 1 saturated heterocycles. The molecule has 0 saturated carbocycles. The quantitative estimate of drug-likeness (QED) is 0.794. The van der Waals surface area contributed by atoms with Crippen molar-refractivity contribution in [3.63, 3.8) is 0 Å². The summed E-state index contributed by atoms with van der Waals surface area (Å²) in [6.45, 7) is 1.79. The monoisotopic (exact) mass is 389 g/mol. The fourth-order valence-electron chi connectivity index (χ4n) is 3.05. The van der Waals surface area contributed by atoms with Gasteiger partial charge in [-0.1, -0.05) is 18.2 Å². The van der Waals surface area contributed by atoms with E-state index in [0.29, 0.717) is 26.2 Å². The molecule has 8 heteroatoms. The van der Waals surface area contributed by atoms with Crippen LogP contribution in [-0.4, -0.2) is 72.8 Å². The van der Waals surface area contributed by atoms with Crippen LogP contribution in [0, 0.1) is 0 Å². The van der Waals surface area contributed by atoms with Crippen LogP contribution in [0.1, 0.15) is 0 Å². The maximum atomic E-state index is 12.6. The number of urea groups is 1. The van der Waals surface area contributed by atoms with E-state index >= 15 is 0 Å². The van der Waals surface area contributed by atoms with Gasteiger partial charge < -0.3 is 20.1 Å². The highest BCUT2D eigenvalue weighted by Crippen LogP contribution is 2.27. The molecule has 1 aromatic heterocycles. The summed E-state index contributed by atoms with van der Waals surface area (Å²) in [7, 11) is 1.73. The van der Waals surface area contributed by atoms with Gasteiger partial charge >= 0.3 is 12.0 Å². The minimum Gasteiger partial charge on any atom is -0.480 e. The van der Waals surface area contributed by atoms with Crippen molar-refractivity contribution in [3.8, 4) is 10.4 Å². The molecule has 0 radical (unpaired) electrons. The van der Waals surface area contributed by atoms with Crippen molar-refractivity contribution in [1.82, 2.24) is 9.80 Å². The van der Waals surface area contributed by atoms with Crippen LogP contribution in [-0.2, 0) is 9.53 Å². The fourth-order valence-corrected chi connectivity index (χ4v) is 3.78. The second kappa shape index (κ2) is 8.98. The van der Waals surface area contributed by atoms with Crippen LogP contribution in [0.4, 0.5) is 10.5 Å². The van der Waals surface area contributed by atoms with Crippen molar-refractivity contribution in [2.75, 3.05) is 45.2 Å². The summed E-state index contributed by atoms with van der Waals surface area (Å²) in [4.78, 5) is 28.0. The zero-order valence-corrected chi connectivity index (χ0v) is 15.9. The lowest BCUT2D eigenvalue weighted by Crippen LogP contribution is -2.50. The van der Waals surface area contributed by atoms with Gasteiger partial charge in [0.05, 0.1) is 19.3 Å². The van der Waals surface area contributed by atoms with Gasteiger partial charge in [0.2, 0.25) is 0 Å². The smallest absolute Gasteiger partial charge is 0.322 e. The van der Waals surface area contributed by atoms with E-state index in [4.69, 9.17) is 9.84 Å². The molecule has 1 aliphatic heterocycles. The number of hydrogen-bond acceptors (Lipinski definition) is 5. The van der Waals surface area contributed by atoms with Crippen LogP contribution in [0.2, 0.25) is 0 Å². The van der Waals surface area contributed by atoms with Gasteiger partial charge in [-0.2, -0.15) is 0 Å². The molecule has 0 aliphatic carbocycles. The summed E-state index contributed by atoms with van der Waals surface area (Å²) in [5, 5.41) is 13.8. The standard InChI is InChI=1S/C19H23N3O4S/c1-21(13-18(23)24)11-16-12-22(7-8-26-16)19(25)20-15-5-2-4-14(10-15)17-6-3-9-27-17/h2-6,9-10,16H,7-8,11-13H2,1H3,(H,20,25)(H,23,24). The molecule has 1 fully saturated rings. The normalized spacial score (nSPS) is 17.1. The third-order valence-corrected chi connectivity index (χ3v) is 5.18. The van der Waals surface area contributed by atoms with Gasteiger partial charge in [0, 0.05) is 30.2 Å². The lowest BCUT2D eigenvalue weighted by Gasteiger charge is -2.34. The number of carbonyl (C=O) groups excluding carboxylic acids is 1. The molecule has 2 N–H and O–H groups in total. The van der Waals surface area contributed by atoms with Crippen molar-refractivity contribution in [1.29, 1.82) is 0 Å². The molecule has 1 unspecified atom stereocenters. The Balaban J connectivity index is 1.57. The molecule has 27 heavy (non-hydrogen) atoms. The summed E-state index contributed by atoms with van der Waals surface area (Å²) >= 11 is 1.66. The van der Waals surface area contributed by atoms with E-state index in [-0.39, 0.29) is 18.7 Å². The van der Waals surface area contributed by atoms with E-state index in [1.54, 1.807) is 28.2 Å². The number of likely N-dealkylation sites (N-methyl/N-ethyl adjacent to an activating group) is 1. The Labute approximate surface area is 162 Å². The maximum absolute atomic E-state index is 12.6. The third kappa shape index (κ3) is 5.53. The number of nitrogens with zero attached hydrogens (tertiary/aromatic N) is 2. The zero-order chi connectivity index (χ0) is 19.2. The molecule has 144 valence electrons. The molecule has 1 aromatic carbocycles. The number of carboxylic acids is 1. The highest BCUT2D eigenvalue weighted by atomic mass is 32.1. The Morgan fingerprint density at radius 3 is 2.96 bits per heavy atom. The number of carboxylic acid groups (broad SMARTS) is 1. The Hall–Kier alpha value is -2.42. The average Bonchev–Trinajstić information content (AvgIpc) is 3.16. The van der Waals surface area contributed by atoms with E-state index in [2.05, 4.69) is 5.32 Å². The molecule has 7 nitrogen and oxygen atoms in total. The van der Waals surface area contributed by atoms with Gasteiger partial charge in [-0.15, -0.1) is 11.3 Å². The number of morpholine rings is 1. The molecule has 3 rings (SSSR count). The highest BCUT2D eigenvalue weighted by Gasteiger charge is 2.25. The molecule has 0 spiro atoms. The first-order valence-electron chi connectivity index (χ1n) is 8.73. The molecule has 1 atom stereocenters. The number of nitrogens with one attached hydrogen (secondary N) is 1. The SMILES string of the molecule is CN(CC(=O)O)CC1CN(C(=O)Nc2cccc(-c3cccs3)c2)CCO1. The third-order valence-electron chi connectivity index (χ3n) is 4.27. The van der Waals surface area contributed by atoms with E-state index in [0.717, 1.165) is 16.1 Å². The highest BCUT2D eigenvalue weighted by molar-refractivity contribution is 7.13. The fraction of sp³-hybridized carbons (Fsp3) is 0.368. The van der Waals surface area contributed by atoms with Crippen LogP contribution in [0.25, 0.3) is 10.4 Å². The second-order valence-corrected chi connectivity index (χ2v) is 7.47. The van der Waals surface area contributed by atoms with Crippen molar-refractivity contribution in [3.05, 3.63) is 41.8 Å². The Bertz CT molecular complexity index is 781. The largest absolute Gasteiger partial charge is 0.480 e. The van der Waals surface area contributed by atoms with Crippen LogP contribution in [0.5, 0.6) is 0 Å². The zero-order valence-electron chi connectivity index (χ0n) is 15.1. The van der Waals surface area contributed by atoms with Crippen LogP contribution in [0.3, 0.4) is 0 Å². The summed E-state index contributed by atoms with van der Waals surface area (Å²) < 4.78 is 5.67. The number of aliphatic carboxylic acids is 1. The van der Waals surface area contributed by atoms with Crippen molar-refractivity contribution in [2.24, 2.45) is 0 Å². The van der Waals surface area contributed by atoms with Crippen LogP contribution < -0.4 is 5.32 Å². The van der Waals surface area contributed by atoms with Gasteiger partial charge in [0.25, 0.3) is 0 Å². The number of carbonyl (C=O) groups is 2. The van der Waals surface area contributed by atoms with E-state index < -0.39 is 5.97 Å². The molecular weight excluding hydrogens is 366 g/mol. The molecule has 2 amide bonds. The number of hydrogen-bond donors (Lipinski definition) is 2. The molecule has 1 aliphatic rings. The summed E-state index contributed by atoms with van der Waals surface area (Å²) in [5.41, 5.74) is 1.81. The van der Waals surface area contributed by atoms with E-state index in [1.165, 1.54) is 0 Å². The molecule has 2 heterocycles. The number of rotatable bonds is 6. The average molecular weight is 389 g/mol. The van der Waals surface area contributed by atoms with Crippen molar-refractivity contribution in [2.45, 2.75) is 6.10 Å². The van der Waals surface area contributed by atoms with Gasteiger partial charge in [0.15, 0.2) is 0 Å². The van der Waals surface area contributed by atoms with Gasteiger partial charge in [-0.3, -0.25) is 9.69 Å². The minimum absolute atomic E-state index is 0.0540. The Morgan fingerprint density at radius 1 is 1.37 bits per heavy atom. The van der Waals surface area contributed by atoms with Crippen LogP contribution >= 0.6 is 11.3 Å². The first kappa shape index (κ1) is 19.3. The second-order valence-electron chi connectivity index (χ2n) is 6.52. The Kier molecular flexibility index (Phi) is 6.44. The molecule has 0 bridgehead atoms. The summed E-state index contributed by atoms with van der Waals surface area (Å²) in [6.07, 6.45) is -0.202. The summed E-state index contributed by atoms with van der Waals surface area (Å²) in [6, 6.07) is 11.6. The van der Waals surface area contributed by atoms with E-state index in [1.807, 2.05) is 41.8 Å². The topological polar surface area (TPSA) is 82.1 Å². The lowest BCUT2D eigenvalue weighted by molar-refractivity contribution is -0.138. The first-order valence-corrected chi connectivity index (χ1v) is 9.61. The Morgan fingerprint density at radius 2 is 2.22 bits per heavy atom. The molecular formula is C19H23N3O4S. The maximum Gasteiger partial charge on any atom is 0.322 e. The van der Waals surface area contributed by atoms with Crippen molar-refractivity contribution < 1.29 is 19.4 Å². The lowest BCUT2D eigenvalue weighted by atomic mass is 10.1. The summed E-state index contributed by atoms with van der Waals surface area (Å²) in [5.74, 6) is -0.881. The number of anilines is 1. The van der Waals surface area contributed by atoms with E-state index in [9.17, 15) is 9.59 Å². The van der Waals surface area contributed by atoms with Crippen molar-refractivity contribution >= 4 is 29.0 Å². The predicted molar refractivity (Wildman–Crippen MR) is 105 cm³/mol. The van der Waals surface area contributed by atoms with Gasteiger partial charge in [-0.05, 0) is 36.2 Å². The number of amides is 2. The van der Waals surface area contributed by atoms with Crippen LogP contribution in [0.15, 0.2) is 41.8 Å². The number of thiophene rings is 1. The molecule has 2 aromatic rings.